The summed E-state index contributed by atoms with van der Waals surface area (Å²) in [4.78, 5) is 17.1. The standard InChI is InChI=1S/C25H22ClN3O3S/c1-14(2)15-8-10-22-21(12-15)27-24(32-22)17-7-9-19(26)20(13-17)28-25(33)29-23(30)16-5-4-6-18(11-16)31-3/h4-14H,1-3H3,(H2,28,29,30,33). The molecule has 168 valence electrons. The summed E-state index contributed by atoms with van der Waals surface area (Å²) in [6.07, 6.45) is 0. The Bertz CT molecular complexity index is 1350. The lowest BCUT2D eigenvalue weighted by molar-refractivity contribution is 0.0977. The van der Waals surface area contributed by atoms with Gasteiger partial charge >= 0.3 is 0 Å². The summed E-state index contributed by atoms with van der Waals surface area (Å²) in [5.74, 6) is 1.08. The third-order valence-corrected chi connectivity index (χ3v) is 5.63. The summed E-state index contributed by atoms with van der Waals surface area (Å²) in [5, 5.41) is 6.17. The SMILES string of the molecule is COc1cccc(C(=O)NC(=S)Nc2cc(-c3nc4cc(C(C)C)ccc4o3)ccc2Cl)c1. The van der Waals surface area contributed by atoms with Gasteiger partial charge in [0.15, 0.2) is 10.7 Å². The van der Waals surface area contributed by atoms with Gasteiger partial charge in [-0.1, -0.05) is 37.6 Å². The highest BCUT2D eigenvalue weighted by atomic mass is 35.5. The molecule has 1 heterocycles. The molecule has 0 aliphatic carbocycles. The van der Waals surface area contributed by atoms with E-state index in [4.69, 9.17) is 33.0 Å². The number of hydrogen-bond acceptors (Lipinski definition) is 5. The van der Waals surface area contributed by atoms with Crippen molar-refractivity contribution >= 4 is 51.6 Å². The van der Waals surface area contributed by atoms with Crippen LogP contribution in [-0.2, 0) is 0 Å². The predicted molar refractivity (Wildman–Crippen MR) is 135 cm³/mol. The van der Waals surface area contributed by atoms with E-state index in [1.54, 1.807) is 36.4 Å². The van der Waals surface area contributed by atoms with Crippen molar-refractivity contribution in [1.29, 1.82) is 0 Å². The third-order valence-electron chi connectivity index (χ3n) is 5.10. The molecule has 8 heteroatoms. The average molecular weight is 480 g/mol. The van der Waals surface area contributed by atoms with Crippen LogP contribution in [0.25, 0.3) is 22.6 Å². The molecule has 3 aromatic carbocycles. The Morgan fingerprint density at radius 2 is 1.94 bits per heavy atom. The van der Waals surface area contributed by atoms with Gasteiger partial charge < -0.3 is 14.5 Å². The number of oxazole rings is 1. The number of nitrogens with zero attached hydrogens (tertiary/aromatic N) is 1. The summed E-state index contributed by atoms with van der Waals surface area (Å²) in [7, 11) is 1.54. The molecule has 0 aliphatic rings. The lowest BCUT2D eigenvalue weighted by atomic mass is 10.0. The molecule has 1 aromatic heterocycles. The molecule has 4 aromatic rings. The maximum absolute atomic E-state index is 12.5. The first-order valence-electron chi connectivity index (χ1n) is 10.3. The number of fused-ring (bicyclic) bond motifs is 1. The fraction of sp³-hybridized carbons (Fsp3) is 0.160. The number of hydrogen-bond donors (Lipinski definition) is 2. The van der Waals surface area contributed by atoms with Gasteiger partial charge in [0.2, 0.25) is 5.89 Å². The molecule has 0 bridgehead atoms. The number of anilines is 1. The Balaban J connectivity index is 1.53. The summed E-state index contributed by atoms with van der Waals surface area (Å²) in [5.41, 5.74) is 4.37. The van der Waals surface area contributed by atoms with Gasteiger partial charge in [0.1, 0.15) is 11.3 Å². The molecule has 33 heavy (non-hydrogen) atoms. The van der Waals surface area contributed by atoms with E-state index in [1.807, 2.05) is 24.3 Å². The van der Waals surface area contributed by atoms with Crippen molar-refractivity contribution in [3.05, 3.63) is 76.8 Å². The average Bonchev–Trinajstić information content (AvgIpc) is 3.24. The number of rotatable bonds is 5. The van der Waals surface area contributed by atoms with Crippen LogP contribution in [0, 0.1) is 0 Å². The maximum Gasteiger partial charge on any atom is 0.257 e. The van der Waals surface area contributed by atoms with Crippen molar-refractivity contribution in [3.63, 3.8) is 0 Å². The van der Waals surface area contributed by atoms with Crippen LogP contribution < -0.4 is 15.4 Å². The first-order valence-corrected chi connectivity index (χ1v) is 11.1. The Morgan fingerprint density at radius 1 is 1.12 bits per heavy atom. The van der Waals surface area contributed by atoms with Crippen molar-refractivity contribution in [1.82, 2.24) is 10.3 Å². The molecule has 0 fully saturated rings. The fourth-order valence-corrected chi connectivity index (χ4v) is 3.64. The van der Waals surface area contributed by atoms with E-state index in [2.05, 4.69) is 29.5 Å². The summed E-state index contributed by atoms with van der Waals surface area (Å²) < 4.78 is 11.1. The largest absolute Gasteiger partial charge is 0.497 e. The lowest BCUT2D eigenvalue weighted by Crippen LogP contribution is -2.34. The zero-order chi connectivity index (χ0) is 23.5. The molecule has 0 spiro atoms. The van der Waals surface area contributed by atoms with E-state index < -0.39 is 0 Å². The smallest absolute Gasteiger partial charge is 0.257 e. The molecule has 0 radical (unpaired) electrons. The number of halogens is 1. The molecule has 1 amide bonds. The molecule has 0 saturated carbocycles. The second-order valence-electron chi connectivity index (χ2n) is 7.74. The number of aromatic nitrogens is 1. The second-order valence-corrected chi connectivity index (χ2v) is 8.55. The first kappa shape index (κ1) is 22.8. The van der Waals surface area contributed by atoms with Crippen molar-refractivity contribution < 1.29 is 13.9 Å². The number of carbonyl (C=O) groups excluding carboxylic acids is 1. The fourth-order valence-electron chi connectivity index (χ4n) is 3.27. The molecule has 0 atom stereocenters. The van der Waals surface area contributed by atoms with Crippen LogP contribution in [0.1, 0.15) is 35.7 Å². The summed E-state index contributed by atoms with van der Waals surface area (Å²) in [6.45, 7) is 4.27. The van der Waals surface area contributed by atoms with Gasteiger partial charge in [0.25, 0.3) is 5.91 Å². The normalized spacial score (nSPS) is 10.9. The van der Waals surface area contributed by atoms with Crippen molar-refractivity contribution in [2.45, 2.75) is 19.8 Å². The van der Waals surface area contributed by atoms with Gasteiger partial charge in [-0.2, -0.15) is 0 Å². The van der Waals surface area contributed by atoms with Crippen molar-refractivity contribution in [2.24, 2.45) is 0 Å². The second kappa shape index (κ2) is 9.60. The summed E-state index contributed by atoms with van der Waals surface area (Å²) >= 11 is 11.7. The van der Waals surface area contributed by atoms with Gasteiger partial charge in [0.05, 0.1) is 17.8 Å². The van der Waals surface area contributed by atoms with Crippen LogP contribution in [0.4, 0.5) is 5.69 Å². The maximum atomic E-state index is 12.5. The minimum Gasteiger partial charge on any atom is -0.497 e. The highest BCUT2D eigenvalue weighted by molar-refractivity contribution is 7.80. The Kier molecular flexibility index (Phi) is 6.62. The Morgan fingerprint density at radius 3 is 2.70 bits per heavy atom. The van der Waals surface area contributed by atoms with Crippen LogP contribution in [0.5, 0.6) is 5.75 Å². The first-order chi connectivity index (χ1) is 15.8. The highest BCUT2D eigenvalue weighted by Crippen LogP contribution is 2.31. The molecule has 4 rings (SSSR count). The van der Waals surface area contributed by atoms with E-state index in [1.165, 1.54) is 12.7 Å². The van der Waals surface area contributed by atoms with Gasteiger partial charge in [0, 0.05) is 11.1 Å². The molecule has 2 N–H and O–H groups in total. The highest BCUT2D eigenvalue weighted by Gasteiger charge is 2.14. The zero-order valence-electron chi connectivity index (χ0n) is 18.3. The Labute approximate surface area is 201 Å². The number of carbonyl (C=O) groups is 1. The topological polar surface area (TPSA) is 76.4 Å². The molecule has 0 saturated heterocycles. The molecular weight excluding hydrogens is 458 g/mol. The lowest BCUT2D eigenvalue weighted by Gasteiger charge is -2.12. The van der Waals surface area contributed by atoms with Crippen LogP contribution in [0.3, 0.4) is 0 Å². The molecule has 6 nitrogen and oxygen atoms in total. The van der Waals surface area contributed by atoms with E-state index in [-0.39, 0.29) is 11.0 Å². The number of nitrogens with one attached hydrogen (secondary N) is 2. The van der Waals surface area contributed by atoms with Gasteiger partial charge in [-0.05, 0) is 72.2 Å². The monoisotopic (exact) mass is 479 g/mol. The number of amides is 1. The van der Waals surface area contributed by atoms with Crippen LogP contribution in [-0.4, -0.2) is 23.1 Å². The number of benzene rings is 3. The number of methoxy groups -OCH3 is 1. The summed E-state index contributed by atoms with van der Waals surface area (Å²) in [6, 6.07) is 18.1. The number of ether oxygens (including phenoxy) is 1. The predicted octanol–water partition coefficient (Wildman–Crippen LogP) is 6.41. The third kappa shape index (κ3) is 5.16. The Hall–Kier alpha value is -3.42. The van der Waals surface area contributed by atoms with E-state index in [9.17, 15) is 4.79 Å². The zero-order valence-corrected chi connectivity index (χ0v) is 19.9. The van der Waals surface area contributed by atoms with Crippen molar-refractivity contribution in [3.8, 4) is 17.2 Å². The van der Waals surface area contributed by atoms with E-state index in [0.29, 0.717) is 39.4 Å². The van der Waals surface area contributed by atoms with Gasteiger partial charge in [-0.25, -0.2) is 4.98 Å². The van der Waals surface area contributed by atoms with E-state index >= 15 is 0 Å². The van der Waals surface area contributed by atoms with Crippen LogP contribution >= 0.6 is 23.8 Å². The van der Waals surface area contributed by atoms with Crippen LogP contribution in [0.15, 0.2) is 65.1 Å². The minimum absolute atomic E-state index is 0.112. The number of thiocarbonyl (C=S) groups is 1. The quantitative estimate of drug-likeness (QED) is 0.322. The van der Waals surface area contributed by atoms with Gasteiger partial charge in [-0.3, -0.25) is 10.1 Å². The molecular formula is C25H22ClN3O3S. The molecule has 0 aliphatic heterocycles. The molecule has 0 unspecified atom stereocenters. The van der Waals surface area contributed by atoms with Crippen LogP contribution in [0.2, 0.25) is 5.02 Å². The minimum atomic E-state index is -0.362. The van der Waals surface area contributed by atoms with Gasteiger partial charge in [-0.15, -0.1) is 0 Å². The van der Waals surface area contributed by atoms with Crippen molar-refractivity contribution in [2.75, 3.05) is 12.4 Å². The van der Waals surface area contributed by atoms with E-state index in [0.717, 1.165) is 11.1 Å².